The summed E-state index contributed by atoms with van der Waals surface area (Å²) in [6.07, 6.45) is 8.01. The first-order valence-electron chi connectivity index (χ1n) is 6.09. The number of nitrogens with one attached hydrogen (secondary N) is 2. The van der Waals surface area contributed by atoms with E-state index in [1.807, 2.05) is 19.3 Å². The van der Waals surface area contributed by atoms with Crippen molar-refractivity contribution in [2.75, 3.05) is 5.32 Å². The summed E-state index contributed by atoms with van der Waals surface area (Å²) in [6, 6.07) is 2.26. The van der Waals surface area contributed by atoms with E-state index in [0.29, 0.717) is 12.0 Å². The summed E-state index contributed by atoms with van der Waals surface area (Å²) in [5, 5.41) is 7.30. The zero-order chi connectivity index (χ0) is 12.1. The number of nitrogens with two attached hydrogens (primary N) is 1. The summed E-state index contributed by atoms with van der Waals surface area (Å²) in [5.41, 5.74) is 2.60. The van der Waals surface area contributed by atoms with E-state index < -0.39 is 0 Å². The Morgan fingerprint density at radius 3 is 2.82 bits per heavy atom. The zero-order valence-electron chi connectivity index (χ0n) is 10.2. The number of rotatable bonds is 2. The van der Waals surface area contributed by atoms with Crippen molar-refractivity contribution in [3.63, 3.8) is 0 Å². The molecule has 0 amide bonds. The molecule has 0 saturated heterocycles. The second kappa shape index (κ2) is 5.67. The molecule has 0 atom stereocenters. The highest BCUT2D eigenvalue weighted by atomic mass is 15.4. The maximum absolute atomic E-state index is 5.47. The molecule has 1 aliphatic rings. The lowest BCUT2D eigenvalue weighted by atomic mass is 9.96. The molecular formula is C11H20N6. The van der Waals surface area contributed by atoms with Crippen LogP contribution < -0.4 is 16.6 Å². The number of hydrogen-bond acceptors (Lipinski definition) is 3. The molecule has 1 aliphatic carbocycles. The largest absolute Gasteiger partial charge is 0.308 e. The SMILES string of the molecule is Cn1ccc(NC(=NC2CCCCC2)NN)n1. The molecule has 0 bridgehead atoms. The Labute approximate surface area is 101 Å². The maximum Gasteiger partial charge on any atom is 0.211 e. The number of nitrogens with zero attached hydrogens (tertiary/aromatic N) is 3. The number of anilines is 1. The van der Waals surface area contributed by atoms with Crippen LogP contribution in [0.5, 0.6) is 0 Å². The summed E-state index contributed by atoms with van der Waals surface area (Å²) in [4.78, 5) is 4.58. The van der Waals surface area contributed by atoms with Crippen LogP contribution in [0, 0.1) is 0 Å². The Morgan fingerprint density at radius 2 is 2.24 bits per heavy atom. The van der Waals surface area contributed by atoms with Crippen LogP contribution in [0.4, 0.5) is 5.82 Å². The van der Waals surface area contributed by atoms with Gasteiger partial charge in [0.2, 0.25) is 5.96 Å². The van der Waals surface area contributed by atoms with Crippen molar-refractivity contribution < 1.29 is 0 Å². The molecule has 1 aromatic heterocycles. The fraction of sp³-hybridized carbons (Fsp3) is 0.636. The average Bonchev–Trinajstić information content (AvgIpc) is 2.75. The van der Waals surface area contributed by atoms with Gasteiger partial charge in [0.05, 0.1) is 6.04 Å². The van der Waals surface area contributed by atoms with Crippen LogP contribution in [0.3, 0.4) is 0 Å². The maximum atomic E-state index is 5.47. The van der Waals surface area contributed by atoms with Gasteiger partial charge in [0.25, 0.3) is 0 Å². The smallest absolute Gasteiger partial charge is 0.211 e. The van der Waals surface area contributed by atoms with Gasteiger partial charge in [-0.15, -0.1) is 0 Å². The van der Waals surface area contributed by atoms with E-state index in [-0.39, 0.29) is 0 Å². The van der Waals surface area contributed by atoms with E-state index in [1.54, 1.807) is 4.68 Å². The van der Waals surface area contributed by atoms with E-state index in [4.69, 9.17) is 5.84 Å². The number of guanidine groups is 1. The van der Waals surface area contributed by atoms with Crippen LogP contribution in [0.15, 0.2) is 17.3 Å². The van der Waals surface area contributed by atoms with Crippen molar-refractivity contribution in [1.29, 1.82) is 0 Å². The molecule has 0 aliphatic heterocycles. The summed E-state index contributed by atoms with van der Waals surface area (Å²) < 4.78 is 1.73. The predicted octanol–water partition coefficient (Wildman–Crippen LogP) is 0.984. The van der Waals surface area contributed by atoms with Gasteiger partial charge in [0.15, 0.2) is 5.82 Å². The number of aliphatic imine (C=N–C) groups is 1. The van der Waals surface area contributed by atoms with Gasteiger partial charge >= 0.3 is 0 Å². The summed E-state index contributed by atoms with van der Waals surface area (Å²) in [5.74, 6) is 6.81. The Morgan fingerprint density at radius 1 is 1.47 bits per heavy atom. The van der Waals surface area contributed by atoms with Gasteiger partial charge in [-0.1, -0.05) is 19.3 Å². The average molecular weight is 236 g/mol. The highest BCUT2D eigenvalue weighted by Crippen LogP contribution is 2.20. The van der Waals surface area contributed by atoms with Crippen LogP contribution in [0.1, 0.15) is 32.1 Å². The van der Waals surface area contributed by atoms with Gasteiger partial charge < -0.3 is 5.32 Å². The van der Waals surface area contributed by atoms with Crippen LogP contribution >= 0.6 is 0 Å². The highest BCUT2D eigenvalue weighted by molar-refractivity contribution is 5.92. The van der Waals surface area contributed by atoms with Crippen molar-refractivity contribution >= 4 is 11.8 Å². The molecule has 2 rings (SSSR count). The number of aryl methyl sites for hydroxylation is 1. The first kappa shape index (κ1) is 11.9. The van der Waals surface area contributed by atoms with Gasteiger partial charge in [-0.25, -0.2) is 10.8 Å². The van der Waals surface area contributed by atoms with Crippen molar-refractivity contribution in [1.82, 2.24) is 15.2 Å². The molecule has 4 N–H and O–H groups in total. The first-order chi connectivity index (χ1) is 8.28. The summed E-state index contributed by atoms with van der Waals surface area (Å²) in [7, 11) is 1.87. The second-order valence-corrected chi connectivity index (χ2v) is 4.41. The number of aromatic nitrogens is 2. The monoisotopic (exact) mass is 236 g/mol. The fourth-order valence-corrected chi connectivity index (χ4v) is 2.10. The van der Waals surface area contributed by atoms with Gasteiger partial charge in [0, 0.05) is 19.3 Å². The van der Waals surface area contributed by atoms with Crippen LogP contribution in [0.2, 0.25) is 0 Å². The lowest BCUT2D eigenvalue weighted by Gasteiger charge is -2.19. The lowest BCUT2D eigenvalue weighted by molar-refractivity contribution is 0.442. The van der Waals surface area contributed by atoms with Gasteiger partial charge in [-0.05, 0) is 12.8 Å². The highest BCUT2D eigenvalue weighted by Gasteiger charge is 2.13. The topological polar surface area (TPSA) is 80.3 Å². The van der Waals surface area contributed by atoms with Gasteiger partial charge in [0.1, 0.15) is 0 Å². The molecule has 17 heavy (non-hydrogen) atoms. The van der Waals surface area contributed by atoms with E-state index in [1.165, 1.54) is 19.3 Å². The standard InChI is InChI=1S/C11H20N6/c1-17-8-7-10(16-17)14-11(15-12)13-9-5-3-2-4-6-9/h7-9H,2-6,12H2,1H3,(H2,13,14,15,16). The quantitative estimate of drug-likeness (QED) is 0.309. The Hall–Kier alpha value is -1.56. The Kier molecular flexibility index (Phi) is 3.98. The van der Waals surface area contributed by atoms with Crippen molar-refractivity contribution in [2.45, 2.75) is 38.1 Å². The van der Waals surface area contributed by atoms with Crippen LogP contribution in [-0.2, 0) is 7.05 Å². The fourth-order valence-electron chi connectivity index (χ4n) is 2.10. The van der Waals surface area contributed by atoms with E-state index >= 15 is 0 Å². The van der Waals surface area contributed by atoms with Crippen LogP contribution in [-0.4, -0.2) is 21.8 Å². The molecule has 1 heterocycles. The van der Waals surface area contributed by atoms with E-state index in [0.717, 1.165) is 18.7 Å². The molecule has 0 radical (unpaired) electrons. The normalized spacial score (nSPS) is 18.1. The predicted molar refractivity (Wildman–Crippen MR) is 68.5 cm³/mol. The molecule has 0 aromatic carbocycles. The van der Waals surface area contributed by atoms with Crippen molar-refractivity contribution in [3.05, 3.63) is 12.3 Å². The minimum atomic E-state index is 0.381. The van der Waals surface area contributed by atoms with Gasteiger partial charge in [-0.3, -0.25) is 10.1 Å². The Bertz CT molecular complexity index is 377. The molecule has 94 valence electrons. The van der Waals surface area contributed by atoms with Gasteiger partial charge in [-0.2, -0.15) is 5.10 Å². The molecule has 6 nitrogen and oxygen atoms in total. The molecule has 0 spiro atoms. The number of hydrogen-bond donors (Lipinski definition) is 3. The molecule has 1 aromatic rings. The third kappa shape index (κ3) is 3.45. The summed E-state index contributed by atoms with van der Waals surface area (Å²) >= 11 is 0. The molecular weight excluding hydrogens is 216 g/mol. The third-order valence-electron chi connectivity index (χ3n) is 2.98. The van der Waals surface area contributed by atoms with Crippen molar-refractivity contribution in [3.8, 4) is 0 Å². The number of hydrazine groups is 1. The molecule has 0 unspecified atom stereocenters. The first-order valence-corrected chi connectivity index (χ1v) is 6.09. The second-order valence-electron chi connectivity index (χ2n) is 4.41. The Balaban J connectivity index is 1.97. The minimum absolute atomic E-state index is 0.381. The molecule has 1 saturated carbocycles. The van der Waals surface area contributed by atoms with E-state index in [2.05, 4.69) is 20.8 Å². The molecule has 1 fully saturated rings. The molecule has 6 heteroatoms. The third-order valence-corrected chi connectivity index (χ3v) is 2.98. The van der Waals surface area contributed by atoms with Crippen molar-refractivity contribution in [2.24, 2.45) is 17.9 Å². The lowest BCUT2D eigenvalue weighted by Crippen LogP contribution is -2.37. The summed E-state index contributed by atoms with van der Waals surface area (Å²) in [6.45, 7) is 0. The minimum Gasteiger partial charge on any atom is -0.308 e. The zero-order valence-corrected chi connectivity index (χ0v) is 10.2. The van der Waals surface area contributed by atoms with Crippen LogP contribution in [0.25, 0.3) is 0 Å². The van der Waals surface area contributed by atoms with E-state index in [9.17, 15) is 0 Å².